The van der Waals surface area contributed by atoms with Crippen LogP contribution < -0.4 is 5.32 Å². The van der Waals surface area contributed by atoms with E-state index in [2.05, 4.69) is 10.3 Å². The molecule has 2 aromatic carbocycles. The first-order valence-corrected chi connectivity index (χ1v) is 9.58. The summed E-state index contributed by atoms with van der Waals surface area (Å²) in [6.07, 6.45) is 0. The van der Waals surface area contributed by atoms with Gasteiger partial charge in [-0.1, -0.05) is 53.0 Å². The van der Waals surface area contributed by atoms with Crippen molar-refractivity contribution >= 4 is 63.1 Å². The number of nitrogens with one attached hydrogen (secondary N) is 1. The predicted octanol–water partition coefficient (Wildman–Crippen LogP) is 5.57. The normalized spacial score (nSPS) is 10.5. The van der Waals surface area contributed by atoms with E-state index in [9.17, 15) is 9.59 Å². The second-order valence-electron chi connectivity index (χ2n) is 5.27. The quantitative estimate of drug-likeness (QED) is 0.526. The SMILES string of the molecule is O=C(COC(=O)c1cc(Cl)ccc1Cl)Nc1nc(-c2ccccc2Cl)cs1. The third-order valence-electron chi connectivity index (χ3n) is 3.38. The fourth-order valence-corrected chi connectivity index (χ4v) is 3.47. The number of aromatic nitrogens is 1. The van der Waals surface area contributed by atoms with Crippen LogP contribution in [0.4, 0.5) is 5.13 Å². The molecule has 0 aliphatic carbocycles. The number of ether oxygens (including phenoxy) is 1. The summed E-state index contributed by atoms with van der Waals surface area (Å²) in [4.78, 5) is 28.3. The van der Waals surface area contributed by atoms with E-state index >= 15 is 0 Å². The van der Waals surface area contributed by atoms with Crippen LogP contribution in [-0.4, -0.2) is 23.5 Å². The van der Waals surface area contributed by atoms with Crippen molar-refractivity contribution in [1.29, 1.82) is 0 Å². The van der Waals surface area contributed by atoms with Crippen molar-refractivity contribution in [2.75, 3.05) is 11.9 Å². The molecule has 9 heteroatoms. The Kier molecular flexibility index (Phi) is 6.34. The topological polar surface area (TPSA) is 68.3 Å². The molecule has 0 atom stereocenters. The number of hydrogen-bond donors (Lipinski definition) is 1. The highest BCUT2D eigenvalue weighted by molar-refractivity contribution is 7.14. The summed E-state index contributed by atoms with van der Waals surface area (Å²) in [6.45, 7) is -0.483. The number of thiazole rings is 1. The number of carbonyl (C=O) groups excluding carboxylic acids is 2. The van der Waals surface area contributed by atoms with Gasteiger partial charge in [-0.3, -0.25) is 10.1 Å². The van der Waals surface area contributed by atoms with Crippen LogP contribution in [0.15, 0.2) is 47.8 Å². The second kappa shape index (κ2) is 8.71. The Hall–Kier alpha value is -2.12. The smallest absolute Gasteiger partial charge is 0.340 e. The van der Waals surface area contributed by atoms with Crippen LogP contribution in [0.1, 0.15) is 10.4 Å². The van der Waals surface area contributed by atoms with Crippen molar-refractivity contribution in [2.45, 2.75) is 0 Å². The first kappa shape index (κ1) is 19.6. The molecule has 3 aromatic rings. The lowest BCUT2D eigenvalue weighted by Crippen LogP contribution is -2.21. The van der Waals surface area contributed by atoms with Crippen molar-refractivity contribution in [3.63, 3.8) is 0 Å². The summed E-state index contributed by atoms with van der Waals surface area (Å²) in [5.41, 5.74) is 1.49. The maximum atomic E-state index is 12.0. The Morgan fingerprint density at radius 1 is 1.07 bits per heavy atom. The van der Waals surface area contributed by atoms with Crippen molar-refractivity contribution in [2.24, 2.45) is 0 Å². The molecule has 3 rings (SSSR count). The Labute approximate surface area is 173 Å². The van der Waals surface area contributed by atoms with E-state index in [0.717, 1.165) is 5.56 Å². The van der Waals surface area contributed by atoms with Gasteiger partial charge in [0.2, 0.25) is 0 Å². The number of halogens is 3. The van der Waals surface area contributed by atoms with Crippen LogP contribution >= 0.6 is 46.1 Å². The number of benzene rings is 2. The fourth-order valence-electron chi connectivity index (χ4n) is 2.14. The minimum absolute atomic E-state index is 0.0900. The molecule has 27 heavy (non-hydrogen) atoms. The Morgan fingerprint density at radius 3 is 2.63 bits per heavy atom. The first-order valence-electron chi connectivity index (χ1n) is 7.56. The van der Waals surface area contributed by atoms with Gasteiger partial charge in [-0.2, -0.15) is 0 Å². The average Bonchev–Trinajstić information content (AvgIpc) is 3.10. The third-order valence-corrected chi connectivity index (χ3v) is 5.04. The highest BCUT2D eigenvalue weighted by atomic mass is 35.5. The summed E-state index contributed by atoms with van der Waals surface area (Å²) >= 11 is 19.1. The van der Waals surface area contributed by atoms with Gasteiger partial charge >= 0.3 is 5.97 Å². The number of hydrogen-bond acceptors (Lipinski definition) is 5. The molecule has 1 aromatic heterocycles. The molecule has 0 bridgehead atoms. The van der Waals surface area contributed by atoms with Crippen LogP contribution in [0, 0.1) is 0 Å². The van der Waals surface area contributed by atoms with Crippen LogP contribution in [0.3, 0.4) is 0 Å². The average molecular weight is 442 g/mol. The van der Waals surface area contributed by atoms with Gasteiger partial charge in [-0.15, -0.1) is 11.3 Å². The van der Waals surface area contributed by atoms with Gasteiger partial charge in [0.25, 0.3) is 5.91 Å². The number of nitrogens with zero attached hydrogens (tertiary/aromatic N) is 1. The lowest BCUT2D eigenvalue weighted by atomic mass is 10.2. The van der Waals surface area contributed by atoms with E-state index in [1.54, 1.807) is 17.5 Å². The Bertz CT molecular complexity index is 1010. The summed E-state index contributed by atoms with van der Waals surface area (Å²) in [6, 6.07) is 11.7. The molecule has 0 radical (unpaired) electrons. The molecule has 0 saturated carbocycles. The molecule has 1 amide bonds. The van der Waals surface area contributed by atoms with E-state index in [-0.39, 0.29) is 10.6 Å². The Morgan fingerprint density at radius 2 is 1.85 bits per heavy atom. The van der Waals surface area contributed by atoms with Gasteiger partial charge in [-0.05, 0) is 24.3 Å². The summed E-state index contributed by atoms with van der Waals surface area (Å²) in [7, 11) is 0. The van der Waals surface area contributed by atoms with E-state index in [1.807, 2.05) is 18.2 Å². The maximum absolute atomic E-state index is 12.0. The van der Waals surface area contributed by atoms with Gasteiger partial charge < -0.3 is 4.74 Å². The van der Waals surface area contributed by atoms with E-state index in [1.165, 1.54) is 23.5 Å². The maximum Gasteiger partial charge on any atom is 0.340 e. The van der Waals surface area contributed by atoms with Crippen molar-refractivity contribution in [3.05, 3.63) is 68.5 Å². The standard InChI is InChI=1S/C18H11Cl3N2O3S/c19-10-5-6-14(21)12(7-10)17(25)26-8-16(24)23-18-22-15(9-27-18)11-3-1-2-4-13(11)20/h1-7,9H,8H2,(H,22,23,24). The molecule has 138 valence electrons. The fraction of sp³-hybridized carbons (Fsp3) is 0.0556. The molecule has 0 fully saturated rings. The molecule has 0 aliphatic rings. The molecular formula is C18H11Cl3N2O3S. The number of carbonyl (C=O) groups is 2. The van der Waals surface area contributed by atoms with Crippen molar-refractivity contribution < 1.29 is 14.3 Å². The molecular weight excluding hydrogens is 431 g/mol. The second-order valence-corrected chi connectivity index (χ2v) is 7.38. The summed E-state index contributed by atoms with van der Waals surface area (Å²) < 4.78 is 4.97. The molecule has 0 spiro atoms. The molecule has 0 unspecified atom stereocenters. The zero-order valence-electron chi connectivity index (χ0n) is 13.5. The molecule has 1 heterocycles. The monoisotopic (exact) mass is 440 g/mol. The van der Waals surface area contributed by atoms with E-state index in [0.29, 0.717) is 20.9 Å². The molecule has 1 N–H and O–H groups in total. The van der Waals surface area contributed by atoms with Gasteiger partial charge in [0, 0.05) is 21.0 Å². The molecule has 0 saturated heterocycles. The highest BCUT2D eigenvalue weighted by Crippen LogP contribution is 2.30. The van der Waals surface area contributed by atoms with Crippen LogP contribution in [0.2, 0.25) is 15.1 Å². The minimum Gasteiger partial charge on any atom is -0.452 e. The van der Waals surface area contributed by atoms with E-state index < -0.39 is 18.5 Å². The number of anilines is 1. The first-order chi connectivity index (χ1) is 12.9. The van der Waals surface area contributed by atoms with Crippen LogP contribution in [-0.2, 0) is 9.53 Å². The minimum atomic E-state index is -0.742. The van der Waals surface area contributed by atoms with Crippen molar-refractivity contribution in [3.8, 4) is 11.3 Å². The van der Waals surface area contributed by atoms with Crippen LogP contribution in [0.25, 0.3) is 11.3 Å². The predicted molar refractivity (Wildman–Crippen MR) is 108 cm³/mol. The Balaban J connectivity index is 1.59. The number of rotatable bonds is 5. The lowest BCUT2D eigenvalue weighted by molar-refractivity contribution is -0.119. The molecule has 5 nitrogen and oxygen atoms in total. The number of amides is 1. The zero-order chi connectivity index (χ0) is 19.4. The summed E-state index contributed by atoms with van der Waals surface area (Å²) in [5.74, 6) is -1.27. The van der Waals surface area contributed by atoms with Gasteiger partial charge in [0.05, 0.1) is 16.3 Å². The lowest BCUT2D eigenvalue weighted by Gasteiger charge is -2.06. The van der Waals surface area contributed by atoms with Gasteiger partial charge in [0.15, 0.2) is 11.7 Å². The van der Waals surface area contributed by atoms with Gasteiger partial charge in [-0.25, -0.2) is 9.78 Å². The largest absolute Gasteiger partial charge is 0.452 e. The number of esters is 1. The molecule has 0 aliphatic heterocycles. The highest BCUT2D eigenvalue weighted by Gasteiger charge is 2.15. The van der Waals surface area contributed by atoms with Crippen molar-refractivity contribution in [1.82, 2.24) is 4.98 Å². The third kappa shape index (κ3) is 4.99. The van der Waals surface area contributed by atoms with E-state index in [4.69, 9.17) is 39.5 Å². The zero-order valence-corrected chi connectivity index (χ0v) is 16.6. The summed E-state index contributed by atoms with van der Waals surface area (Å²) in [5, 5.41) is 5.80. The van der Waals surface area contributed by atoms with Gasteiger partial charge in [0.1, 0.15) is 0 Å². The van der Waals surface area contributed by atoms with Crippen LogP contribution in [0.5, 0.6) is 0 Å².